The summed E-state index contributed by atoms with van der Waals surface area (Å²) in [6.45, 7) is 0. The Morgan fingerprint density at radius 2 is 1.79 bits per heavy atom. The minimum absolute atomic E-state index is 0.146. The number of fused-ring (bicyclic) bond motifs is 2. The van der Waals surface area contributed by atoms with Gasteiger partial charge in [0, 0.05) is 28.3 Å². The maximum Gasteiger partial charge on any atom is 0.379 e. The average Bonchev–Trinajstić information content (AvgIpc) is 3.34. The summed E-state index contributed by atoms with van der Waals surface area (Å²) >= 11 is 5.93. The van der Waals surface area contributed by atoms with E-state index in [2.05, 4.69) is 5.16 Å². The molecule has 0 bridgehead atoms. The van der Waals surface area contributed by atoms with Crippen molar-refractivity contribution in [1.82, 2.24) is 5.16 Å². The molecular formula is C23H14ClNO4. The molecule has 5 aromatic rings. The first-order chi connectivity index (χ1) is 14.2. The van der Waals surface area contributed by atoms with Crippen molar-refractivity contribution in [1.29, 1.82) is 0 Å². The van der Waals surface area contributed by atoms with Gasteiger partial charge in [-0.25, -0.2) is 4.79 Å². The lowest BCUT2D eigenvalue weighted by atomic mass is 10.1. The maximum atomic E-state index is 12.4. The molecule has 0 saturated carbocycles. The highest BCUT2D eigenvalue weighted by atomic mass is 35.5. The van der Waals surface area contributed by atoms with Crippen LogP contribution in [0.25, 0.3) is 21.9 Å². The molecule has 0 aliphatic rings. The summed E-state index contributed by atoms with van der Waals surface area (Å²) in [5, 5.41) is 6.55. The fraction of sp³-hybridized carbons (Fsp3) is 0.0435. The van der Waals surface area contributed by atoms with Gasteiger partial charge in [-0.15, -0.1) is 0 Å². The van der Waals surface area contributed by atoms with Crippen molar-refractivity contribution in [3.05, 3.63) is 94.8 Å². The van der Waals surface area contributed by atoms with Crippen LogP contribution < -0.4 is 4.74 Å². The molecule has 0 aliphatic carbocycles. The van der Waals surface area contributed by atoms with Crippen LogP contribution in [0.3, 0.4) is 0 Å². The minimum Gasteiger partial charge on any atom is -0.449 e. The highest BCUT2D eigenvalue weighted by Gasteiger charge is 2.16. The second-order valence-electron chi connectivity index (χ2n) is 6.63. The number of para-hydroxylation sites is 1. The molecule has 0 radical (unpaired) electrons. The second-order valence-corrected chi connectivity index (χ2v) is 7.06. The summed E-state index contributed by atoms with van der Waals surface area (Å²) in [5.41, 5.74) is 3.06. The van der Waals surface area contributed by atoms with Gasteiger partial charge in [0.15, 0.2) is 5.58 Å². The van der Waals surface area contributed by atoms with Crippen LogP contribution in [-0.2, 0) is 6.42 Å². The molecule has 5 rings (SSSR count). The number of nitrogens with zero attached hydrogens (tertiary/aromatic N) is 1. The molecule has 0 aliphatic heterocycles. The monoisotopic (exact) mass is 403 g/mol. The highest BCUT2D eigenvalue weighted by molar-refractivity contribution is 6.30. The molecule has 142 valence electrons. The number of halogens is 1. The molecule has 2 heterocycles. The topological polar surface area (TPSA) is 65.5 Å². The quantitative estimate of drug-likeness (QED) is 0.270. The van der Waals surface area contributed by atoms with Crippen LogP contribution in [-0.4, -0.2) is 11.1 Å². The number of aromatic nitrogens is 1. The van der Waals surface area contributed by atoms with Crippen molar-refractivity contribution in [2.75, 3.05) is 0 Å². The molecule has 0 saturated heterocycles. The van der Waals surface area contributed by atoms with E-state index < -0.39 is 5.97 Å². The van der Waals surface area contributed by atoms with E-state index in [4.69, 9.17) is 25.3 Å². The summed E-state index contributed by atoms with van der Waals surface area (Å²) in [6, 6.07) is 21.8. The van der Waals surface area contributed by atoms with Gasteiger partial charge in [0.25, 0.3) is 0 Å². The highest BCUT2D eigenvalue weighted by Crippen LogP contribution is 2.27. The molecule has 0 amide bonds. The van der Waals surface area contributed by atoms with Crippen LogP contribution in [0.15, 0.2) is 81.7 Å². The molecular weight excluding hydrogens is 390 g/mol. The third-order valence-corrected chi connectivity index (χ3v) is 4.89. The lowest BCUT2D eigenvalue weighted by Gasteiger charge is -2.02. The minimum atomic E-state index is -0.568. The molecule has 3 aromatic carbocycles. The molecule has 6 heteroatoms. The van der Waals surface area contributed by atoms with Crippen LogP contribution in [0.5, 0.6) is 5.75 Å². The standard InChI is InChI=1S/C23H14ClNO4/c24-16-7-5-14(6-8-16)11-19-18-10-9-17(13-21(18)29-25-19)27-23(26)22-12-15-3-1-2-4-20(15)28-22/h1-10,12-13H,11H2. The molecule has 0 unspecified atom stereocenters. The van der Waals surface area contributed by atoms with Gasteiger partial charge in [0.05, 0.1) is 5.69 Å². The van der Waals surface area contributed by atoms with Crippen LogP contribution in [0, 0.1) is 0 Å². The Morgan fingerprint density at radius 3 is 2.62 bits per heavy atom. The summed E-state index contributed by atoms with van der Waals surface area (Å²) < 4.78 is 16.4. The Hall–Kier alpha value is -3.57. The Morgan fingerprint density at radius 1 is 0.966 bits per heavy atom. The van der Waals surface area contributed by atoms with E-state index in [1.807, 2.05) is 48.5 Å². The summed E-state index contributed by atoms with van der Waals surface area (Å²) in [7, 11) is 0. The number of hydrogen-bond acceptors (Lipinski definition) is 5. The Balaban J connectivity index is 1.37. The number of esters is 1. The van der Waals surface area contributed by atoms with E-state index in [0.29, 0.717) is 28.4 Å². The first-order valence-electron chi connectivity index (χ1n) is 8.99. The van der Waals surface area contributed by atoms with Gasteiger partial charge in [0.2, 0.25) is 5.76 Å². The fourth-order valence-electron chi connectivity index (χ4n) is 3.20. The van der Waals surface area contributed by atoms with Gasteiger partial charge >= 0.3 is 5.97 Å². The lowest BCUT2D eigenvalue weighted by molar-refractivity contribution is 0.0704. The van der Waals surface area contributed by atoms with Crippen LogP contribution in [0.2, 0.25) is 5.02 Å². The van der Waals surface area contributed by atoms with E-state index >= 15 is 0 Å². The summed E-state index contributed by atoms with van der Waals surface area (Å²) in [6.07, 6.45) is 0.613. The molecule has 0 atom stereocenters. The van der Waals surface area contributed by atoms with Gasteiger partial charge in [-0.2, -0.15) is 0 Å². The van der Waals surface area contributed by atoms with Crippen LogP contribution in [0.1, 0.15) is 21.8 Å². The van der Waals surface area contributed by atoms with E-state index in [1.54, 1.807) is 24.3 Å². The normalized spacial score (nSPS) is 11.2. The summed E-state index contributed by atoms with van der Waals surface area (Å²) in [4.78, 5) is 12.4. The lowest BCUT2D eigenvalue weighted by Crippen LogP contribution is -2.06. The number of rotatable bonds is 4. The zero-order valence-corrected chi connectivity index (χ0v) is 15.8. The van der Waals surface area contributed by atoms with Crippen LogP contribution >= 0.6 is 11.6 Å². The van der Waals surface area contributed by atoms with Crippen molar-refractivity contribution in [3.8, 4) is 5.75 Å². The molecule has 0 fully saturated rings. The van der Waals surface area contributed by atoms with E-state index in [1.165, 1.54) is 0 Å². The van der Waals surface area contributed by atoms with E-state index in [-0.39, 0.29) is 5.76 Å². The maximum absolute atomic E-state index is 12.4. The van der Waals surface area contributed by atoms with Gasteiger partial charge in [-0.1, -0.05) is 47.1 Å². The summed E-state index contributed by atoms with van der Waals surface area (Å²) in [5.74, 6) is -0.0640. The molecule has 0 N–H and O–H groups in total. The predicted molar refractivity (Wildman–Crippen MR) is 109 cm³/mol. The Kier molecular flexibility index (Phi) is 4.30. The molecule has 2 aromatic heterocycles. The van der Waals surface area contributed by atoms with Crippen molar-refractivity contribution in [2.24, 2.45) is 0 Å². The number of furan rings is 1. The average molecular weight is 404 g/mol. The van der Waals surface area contributed by atoms with Gasteiger partial charge in [0.1, 0.15) is 11.3 Å². The fourth-order valence-corrected chi connectivity index (χ4v) is 3.32. The number of carbonyl (C=O) groups excluding carboxylic acids is 1. The zero-order chi connectivity index (χ0) is 19.8. The van der Waals surface area contributed by atoms with Crippen molar-refractivity contribution in [2.45, 2.75) is 6.42 Å². The second kappa shape index (κ2) is 7.11. The van der Waals surface area contributed by atoms with Crippen molar-refractivity contribution in [3.63, 3.8) is 0 Å². The SMILES string of the molecule is O=C(Oc1ccc2c(Cc3ccc(Cl)cc3)noc2c1)c1cc2ccccc2o1. The van der Waals surface area contributed by atoms with Gasteiger partial charge in [-0.3, -0.25) is 0 Å². The van der Waals surface area contributed by atoms with Crippen LogP contribution in [0.4, 0.5) is 0 Å². The van der Waals surface area contributed by atoms with Crippen molar-refractivity contribution < 1.29 is 18.5 Å². The van der Waals surface area contributed by atoms with E-state index in [9.17, 15) is 4.79 Å². The van der Waals surface area contributed by atoms with E-state index in [0.717, 1.165) is 22.0 Å². The Bertz CT molecular complexity index is 1300. The number of ether oxygens (including phenoxy) is 1. The van der Waals surface area contributed by atoms with Gasteiger partial charge in [-0.05, 0) is 42.0 Å². The molecule has 5 nitrogen and oxygen atoms in total. The van der Waals surface area contributed by atoms with Gasteiger partial charge < -0.3 is 13.7 Å². The zero-order valence-electron chi connectivity index (χ0n) is 15.1. The van der Waals surface area contributed by atoms with Crippen molar-refractivity contribution >= 4 is 39.5 Å². The third kappa shape index (κ3) is 3.48. The number of carbonyl (C=O) groups is 1. The molecule has 29 heavy (non-hydrogen) atoms. The largest absolute Gasteiger partial charge is 0.449 e. The smallest absolute Gasteiger partial charge is 0.379 e. The third-order valence-electron chi connectivity index (χ3n) is 4.64. The first kappa shape index (κ1) is 17.5. The Labute approximate surface area is 170 Å². The number of benzene rings is 3. The number of hydrogen-bond donors (Lipinski definition) is 0. The molecule has 0 spiro atoms. The first-order valence-corrected chi connectivity index (χ1v) is 9.37. The predicted octanol–water partition coefficient (Wildman–Crippen LogP) is 6.04.